The summed E-state index contributed by atoms with van der Waals surface area (Å²) in [4.78, 5) is 14.1. The molecule has 0 fully saturated rings. The van der Waals surface area contributed by atoms with E-state index in [4.69, 9.17) is 5.73 Å². The van der Waals surface area contributed by atoms with Crippen LogP contribution in [0.3, 0.4) is 0 Å². The van der Waals surface area contributed by atoms with Crippen molar-refractivity contribution >= 4 is 11.6 Å². The molecule has 0 aliphatic carbocycles. The molecular weight excluding hydrogens is 254 g/mol. The lowest BCUT2D eigenvalue weighted by Gasteiger charge is -2.29. The average Bonchev–Trinajstić information content (AvgIpc) is 2.98. The minimum atomic E-state index is 0.134. The van der Waals surface area contributed by atoms with Gasteiger partial charge >= 0.3 is 0 Å². The fraction of sp³-hybridized carbons (Fsp3) is 0.357. The second-order valence-corrected chi connectivity index (χ2v) is 4.97. The summed E-state index contributed by atoms with van der Waals surface area (Å²) in [6, 6.07) is 5.95. The summed E-state index contributed by atoms with van der Waals surface area (Å²) in [5.74, 6) is 0.134. The maximum atomic E-state index is 12.2. The highest BCUT2D eigenvalue weighted by atomic mass is 16.2. The first kappa shape index (κ1) is 12.7. The molecule has 6 heteroatoms. The van der Waals surface area contributed by atoms with Gasteiger partial charge in [-0.05, 0) is 23.6 Å². The fourth-order valence-electron chi connectivity index (χ4n) is 2.54. The number of amides is 1. The summed E-state index contributed by atoms with van der Waals surface area (Å²) in [6.07, 6.45) is 4.68. The molecule has 2 aromatic rings. The van der Waals surface area contributed by atoms with E-state index in [2.05, 4.69) is 16.4 Å². The topological polar surface area (TPSA) is 77.0 Å². The Bertz CT molecular complexity index is 608. The van der Waals surface area contributed by atoms with E-state index in [0.717, 1.165) is 24.2 Å². The molecule has 1 aromatic heterocycles. The van der Waals surface area contributed by atoms with Crippen LogP contribution in [-0.2, 0) is 24.3 Å². The molecule has 0 bridgehead atoms. The number of hydrogen-bond acceptors (Lipinski definition) is 4. The van der Waals surface area contributed by atoms with E-state index in [1.165, 1.54) is 5.56 Å². The van der Waals surface area contributed by atoms with Gasteiger partial charge in [-0.1, -0.05) is 17.3 Å². The molecule has 0 atom stereocenters. The van der Waals surface area contributed by atoms with E-state index in [1.54, 1.807) is 17.1 Å². The number of nitrogens with two attached hydrogens (primary N) is 1. The van der Waals surface area contributed by atoms with Gasteiger partial charge in [-0.3, -0.25) is 9.48 Å². The number of carbonyl (C=O) groups is 1. The first-order valence-electron chi connectivity index (χ1n) is 6.72. The minimum absolute atomic E-state index is 0.134. The Morgan fingerprint density at radius 3 is 3.10 bits per heavy atom. The molecular formula is C14H17N5O. The van der Waals surface area contributed by atoms with Crippen molar-refractivity contribution in [2.24, 2.45) is 0 Å². The number of benzene rings is 1. The van der Waals surface area contributed by atoms with Crippen LogP contribution in [0.4, 0.5) is 5.69 Å². The highest BCUT2D eigenvalue weighted by Crippen LogP contribution is 2.24. The summed E-state index contributed by atoms with van der Waals surface area (Å²) in [6.45, 7) is 1.93. The fourth-order valence-corrected chi connectivity index (χ4v) is 2.54. The Morgan fingerprint density at radius 1 is 1.40 bits per heavy atom. The lowest BCUT2D eigenvalue weighted by Crippen LogP contribution is -2.36. The lowest BCUT2D eigenvalue weighted by molar-refractivity contribution is -0.132. The number of aromatic nitrogens is 3. The van der Waals surface area contributed by atoms with E-state index in [0.29, 0.717) is 19.5 Å². The normalized spacial score (nSPS) is 14.1. The third-order valence-corrected chi connectivity index (χ3v) is 3.69. The molecule has 0 radical (unpaired) electrons. The van der Waals surface area contributed by atoms with Gasteiger partial charge in [0.25, 0.3) is 0 Å². The first-order valence-corrected chi connectivity index (χ1v) is 6.72. The van der Waals surface area contributed by atoms with Crippen molar-refractivity contribution in [3.63, 3.8) is 0 Å². The Hall–Kier alpha value is -2.37. The molecule has 1 aromatic carbocycles. The minimum Gasteiger partial charge on any atom is -0.398 e. The molecule has 3 rings (SSSR count). The van der Waals surface area contributed by atoms with Gasteiger partial charge in [0.2, 0.25) is 5.91 Å². The maximum absolute atomic E-state index is 12.2. The SMILES string of the molecule is Nc1cccc2c1CN(C(=O)CCn1ccnn1)CC2. The van der Waals surface area contributed by atoms with Gasteiger partial charge in [-0.25, -0.2) is 0 Å². The van der Waals surface area contributed by atoms with Gasteiger partial charge in [-0.2, -0.15) is 0 Å². The molecule has 1 aliphatic rings. The monoisotopic (exact) mass is 271 g/mol. The third kappa shape index (κ3) is 2.49. The average molecular weight is 271 g/mol. The molecule has 1 amide bonds. The van der Waals surface area contributed by atoms with Crippen molar-refractivity contribution in [3.05, 3.63) is 41.7 Å². The number of hydrogen-bond donors (Lipinski definition) is 1. The number of rotatable bonds is 3. The van der Waals surface area contributed by atoms with Gasteiger partial charge in [0.05, 0.1) is 12.7 Å². The van der Waals surface area contributed by atoms with Crippen LogP contribution in [0.1, 0.15) is 17.5 Å². The van der Waals surface area contributed by atoms with Crippen molar-refractivity contribution in [1.29, 1.82) is 0 Å². The molecule has 20 heavy (non-hydrogen) atoms. The van der Waals surface area contributed by atoms with Crippen molar-refractivity contribution < 1.29 is 4.79 Å². The van der Waals surface area contributed by atoms with Gasteiger partial charge in [0.1, 0.15) is 0 Å². The largest absolute Gasteiger partial charge is 0.398 e. The quantitative estimate of drug-likeness (QED) is 0.839. The molecule has 104 valence electrons. The van der Waals surface area contributed by atoms with Crippen molar-refractivity contribution in [3.8, 4) is 0 Å². The van der Waals surface area contributed by atoms with Crippen LogP contribution in [0.25, 0.3) is 0 Å². The highest BCUT2D eigenvalue weighted by molar-refractivity contribution is 5.76. The third-order valence-electron chi connectivity index (χ3n) is 3.69. The van der Waals surface area contributed by atoms with Gasteiger partial charge < -0.3 is 10.6 Å². The molecule has 1 aliphatic heterocycles. The Balaban J connectivity index is 1.64. The van der Waals surface area contributed by atoms with Gasteiger partial charge in [0, 0.05) is 31.4 Å². The molecule has 2 N–H and O–H groups in total. The second-order valence-electron chi connectivity index (χ2n) is 4.97. The van der Waals surface area contributed by atoms with E-state index in [-0.39, 0.29) is 5.91 Å². The molecule has 2 heterocycles. The van der Waals surface area contributed by atoms with Crippen LogP contribution in [0.5, 0.6) is 0 Å². The number of carbonyl (C=O) groups excluding carboxylic acids is 1. The number of nitrogen functional groups attached to an aromatic ring is 1. The Morgan fingerprint density at radius 2 is 2.30 bits per heavy atom. The number of anilines is 1. The van der Waals surface area contributed by atoms with Crippen molar-refractivity contribution in [1.82, 2.24) is 19.9 Å². The van der Waals surface area contributed by atoms with Crippen LogP contribution in [0, 0.1) is 0 Å². The van der Waals surface area contributed by atoms with Crippen LogP contribution in [-0.4, -0.2) is 32.3 Å². The predicted molar refractivity (Wildman–Crippen MR) is 74.6 cm³/mol. The molecule has 0 spiro atoms. The number of nitrogens with zero attached hydrogens (tertiary/aromatic N) is 4. The highest BCUT2D eigenvalue weighted by Gasteiger charge is 2.21. The number of fused-ring (bicyclic) bond motifs is 1. The Kier molecular flexibility index (Phi) is 3.37. The van der Waals surface area contributed by atoms with E-state index < -0.39 is 0 Å². The molecule has 0 unspecified atom stereocenters. The lowest BCUT2D eigenvalue weighted by atomic mass is 9.98. The first-order chi connectivity index (χ1) is 9.74. The van der Waals surface area contributed by atoms with Crippen LogP contribution >= 0.6 is 0 Å². The zero-order chi connectivity index (χ0) is 13.9. The molecule has 0 saturated heterocycles. The van der Waals surface area contributed by atoms with Crippen molar-refractivity contribution in [2.45, 2.75) is 25.9 Å². The zero-order valence-corrected chi connectivity index (χ0v) is 11.2. The summed E-state index contributed by atoms with van der Waals surface area (Å²) in [7, 11) is 0. The van der Waals surface area contributed by atoms with Crippen LogP contribution in [0.2, 0.25) is 0 Å². The van der Waals surface area contributed by atoms with Crippen molar-refractivity contribution in [2.75, 3.05) is 12.3 Å². The van der Waals surface area contributed by atoms with E-state index in [9.17, 15) is 4.79 Å². The Labute approximate surface area is 117 Å². The molecule has 6 nitrogen and oxygen atoms in total. The number of aryl methyl sites for hydroxylation is 1. The maximum Gasteiger partial charge on any atom is 0.224 e. The summed E-state index contributed by atoms with van der Waals surface area (Å²) in [5.41, 5.74) is 9.11. The van der Waals surface area contributed by atoms with Gasteiger partial charge in [-0.15, -0.1) is 5.10 Å². The summed E-state index contributed by atoms with van der Waals surface area (Å²) < 4.78 is 1.67. The zero-order valence-electron chi connectivity index (χ0n) is 11.2. The van der Waals surface area contributed by atoms with Gasteiger partial charge in [0.15, 0.2) is 0 Å². The second kappa shape index (κ2) is 5.32. The standard InChI is InChI=1S/C14H17N5O/c15-13-3-1-2-11-4-7-18(10-12(11)13)14(20)5-8-19-9-6-16-17-19/h1-3,6,9H,4-5,7-8,10,15H2. The van der Waals surface area contributed by atoms with Crippen LogP contribution < -0.4 is 5.73 Å². The summed E-state index contributed by atoms with van der Waals surface area (Å²) >= 11 is 0. The molecule has 0 saturated carbocycles. The van der Waals surface area contributed by atoms with E-state index in [1.807, 2.05) is 17.0 Å². The predicted octanol–water partition coefficient (Wildman–Crippen LogP) is 0.835. The smallest absolute Gasteiger partial charge is 0.224 e. The van der Waals surface area contributed by atoms with Crippen LogP contribution in [0.15, 0.2) is 30.6 Å². The summed E-state index contributed by atoms with van der Waals surface area (Å²) in [5, 5.41) is 7.58. The van der Waals surface area contributed by atoms with E-state index >= 15 is 0 Å².